The highest BCUT2D eigenvalue weighted by Crippen LogP contribution is 2.34. The molecule has 0 spiro atoms. The van der Waals surface area contributed by atoms with Gasteiger partial charge in [0.1, 0.15) is 12.6 Å². The molecule has 9 nitrogen and oxygen atoms in total. The molecule has 3 rings (SSSR count). The number of rotatable bonds is 11. The van der Waals surface area contributed by atoms with Crippen LogP contribution in [0.5, 0.6) is 11.5 Å². The standard InChI is InChI=1S/C28H33N3O6S/c1-20-11-13-22(14-12-20)18-30(21(2)28(33)29-3)27(32)19-31(38(34,35)24-9-7-6-8-10-24)23-15-16-25(36-4)26(17-23)37-5/h6-17,21H,18-19H2,1-5H3,(H,29,33)/t21-/m0/s1. The lowest BCUT2D eigenvalue weighted by Crippen LogP contribution is -2.50. The van der Waals surface area contributed by atoms with E-state index in [1.54, 1.807) is 37.3 Å². The van der Waals surface area contributed by atoms with Crippen molar-refractivity contribution in [3.63, 3.8) is 0 Å². The summed E-state index contributed by atoms with van der Waals surface area (Å²) in [4.78, 5) is 27.8. The van der Waals surface area contributed by atoms with Gasteiger partial charge in [0, 0.05) is 19.7 Å². The van der Waals surface area contributed by atoms with Gasteiger partial charge in [0.25, 0.3) is 10.0 Å². The highest BCUT2D eigenvalue weighted by atomic mass is 32.2. The minimum Gasteiger partial charge on any atom is -0.493 e. The third-order valence-corrected chi connectivity index (χ3v) is 7.94. The first-order valence-electron chi connectivity index (χ1n) is 12.0. The Kier molecular flexibility index (Phi) is 9.35. The number of benzene rings is 3. The fourth-order valence-electron chi connectivity index (χ4n) is 3.91. The van der Waals surface area contributed by atoms with E-state index in [-0.39, 0.29) is 23.0 Å². The molecule has 0 aliphatic rings. The van der Waals surface area contributed by atoms with Crippen molar-refractivity contribution in [1.29, 1.82) is 0 Å². The van der Waals surface area contributed by atoms with E-state index in [2.05, 4.69) is 5.32 Å². The zero-order chi connectivity index (χ0) is 27.9. The number of aryl methyl sites for hydroxylation is 1. The summed E-state index contributed by atoms with van der Waals surface area (Å²) in [6.45, 7) is 3.14. The number of likely N-dealkylation sites (N-methyl/N-ethyl adjacent to an activating group) is 1. The summed E-state index contributed by atoms with van der Waals surface area (Å²) in [7, 11) is 0.237. The molecule has 1 N–H and O–H groups in total. The average molecular weight is 540 g/mol. The maximum atomic E-state index is 13.8. The number of carbonyl (C=O) groups is 2. The number of ether oxygens (including phenoxy) is 2. The molecule has 1 atom stereocenters. The largest absolute Gasteiger partial charge is 0.493 e. The normalized spacial score (nSPS) is 11.8. The van der Waals surface area contributed by atoms with Gasteiger partial charge in [0.2, 0.25) is 11.8 Å². The third-order valence-electron chi connectivity index (χ3n) is 6.15. The smallest absolute Gasteiger partial charge is 0.264 e. The van der Waals surface area contributed by atoms with Crippen LogP contribution in [-0.4, -0.2) is 59.0 Å². The van der Waals surface area contributed by atoms with Gasteiger partial charge >= 0.3 is 0 Å². The van der Waals surface area contributed by atoms with Crippen LogP contribution in [0, 0.1) is 6.92 Å². The van der Waals surface area contributed by atoms with E-state index in [4.69, 9.17) is 9.47 Å². The molecule has 0 radical (unpaired) electrons. The number of nitrogens with zero attached hydrogens (tertiary/aromatic N) is 2. The zero-order valence-electron chi connectivity index (χ0n) is 22.2. The Bertz CT molecular complexity index is 1360. The molecule has 0 heterocycles. The molecule has 0 fully saturated rings. The van der Waals surface area contributed by atoms with Crippen molar-refractivity contribution >= 4 is 27.5 Å². The number of carbonyl (C=O) groups excluding carboxylic acids is 2. The highest BCUT2D eigenvalue weighted by Gasteiger charge is 2.32. The molecule has 0 unspecified atom stereocenters. The predicted octanol–water partition coefficient (Wildman–Crippen LogP) is 3.37. The lowest BCUT2D eigenvalue weighted by molar-refractivity contribution is -0.139. The number of nitrogens with one attached hydrogen (secondary N) is 1. The molecular weight excluding hydrogens is 506 g/mol. The minimum absolute atomic E-state index is 0.0204. The summed E-state index contributed by atoms with van der Waals surface area (Å²) in [6.07, 6.45) is 0. The first-order valence-corrected chi connectivity index (χ1v) is 13.4. The summed E-state index contributed by atoms with van der Waals surface area (Å²) in [5.74, 6) is -0.195. The van der Waals surface area contributed by atoms with Gasteiger partial charge in [-0.2, -0.15) is 0 Å². The van der Waals surface area contributed by atoms with Crippen molar-refractivity contribution in [2.75, 3.05) is 32.1 Å². The second-order valence-corrected chi connectivity index (χ2v) is 10.5. The fourth-order valence-corrected chi connectivity index (χ4v) is 5.34. The molecular formula is C28H33N3O6S. The Morgan fingerprint density at radius 2 is 1.55 bits per heavy atom. The summed E-state index contributed by atoms with van der Waals surface area (Å²) in [5, 5.41) is 2.57. The van der Waals surface area contributed by atoms with Gasteiger partial charge in [-0.05, 0) is 43.7 Å². The lowest BCUT2D eigenvalue weighted by Gasteiger charge is -2.32. The molecule has 2 amide bonds. The van der Waals surface area contributed by atoms with Crippen LogP contribution < -0.4 is 19.1 Å². The summed E-state index contributed by atoms with van der Waals surface area (Å²) < 4.78 is 39.3. The SMILES string of the molecule is CNC(=O)[C@H](C)N(Cc1ccc(C)cc1)C(=O)CN(c1ccc(OC)c(OC)c1)S(=O)(=O)c1ccccc1. The lowest BCUT2D eigenvalue weighted by atomic mass is 10.1. The monoisotopic (exact) mass is 539 g/mol. The van der Waals surface area contributed by atoms with E-state index in [9.17, 15) is 18.0 Å². The molecule has 0 bridgehead atoms. The van der Waals surface area contributed by atoms with Gasteiger partial charge in [-0.3, -0.25) is 13.9 Å². The highest BCUT2D eigenvalue weighted by molar-refractivity contribution is 7.92. The number of hydrogen-bond acceptors (Lipinski definition) is 6. The predicted molar refractivity (Wildman–Crippen MR) is 146 cm³/mol. The van der Waals surface area contributed by atoms with Crippen LogP contribution in [0.3, 0.4) is 0 Å². The first kappa shape index (κ1) is 28.5. The van der Waals surface area contributed by atoms with Crippen molar-refractivity contribution in [3.8, 4) is 11.5 Å². The molecule has 202 valence electrons. The summed E-state index contributed by atoms with van der Waals surface area (Å²) in [6, 6.07) is 19.2. The summed E-state index contributed by atoms with van der Waals surface area (Å²) in [5.41, 5.74) is 2.07. The van der Waals surface area contributed by atoms with Crippen molar-refractivity contribution in [3.05, 3.63) is 83.9 Å². The van der Waals surface area contributed by atoms with Crippen LogP contribution in [0.4, 0.5) is 5.69 Å². The van der Waals surface area contributed by atoms with E-state index in [0.29, 0.717) is 11.5 Å². The van der Waals surface area contributed by atoms with E-state index in [1.807, 2.05) is 31.2 Å². The maximum absolute atomic E-state index is 13.8. The van der Waals surface area contributed by atoms with Crippen LogP contribution in [0.1, 0.15) is 18.1 Å². The van der Waals surface area contributed by atoms with Crippen LogP contribution >= 0.6 is 0 Å². The molecule has 3 aromatic rings. The quantitative estimate of drug-likeness (QED) is 0.401. The van der Waals surface area contributed by atoms with Gasteiger partial charge in [-0.1, -0.05) is 48.0 Å². The molecule has 0 aromatic heterocycles. The zero-order valence-corrected chi connectivity index (χ0v) is 23.0. The Morgan fingerprint density at radius 3 is 2.13 bits per heavy atom. The Labute approximate surface area is 224 Å². The Balaban J connectivity index is 2.07. The second-order valence-electron chi connectivity index (χ2n) is 8.66. The number of amides is 2. The van der Waals surface area contributed by atoms with Gasteiger partial charge in [0.05, 0.1) is 24.8 Å². The second kappa shape index (κ2) is 12.5. The Morgan fingerprint density at radius 1 is 0.921 bits per heavy atom. The van der Waals surface area contributed by atoms with Crippen molar-refractivity contribution in [2.24, 2.45) is 0 Å². The van der Waals surface area contributed by atoms with Gasteiger partial charge in [-0.15, -0.1) is 0 Å². The number of methoxy groups -OCH3 is 2. The average Bonchev–Trinajstić information content (AvgIpc) is 2.94. The molecule has 0 saturated heterocycles. The fraction of sp³-hybridized carbons (Fsp3) is 0.286. The molecule has 38 heavy (non-hydrogen) atoms. The van der Waals surface area contributed by atoms with Crippen LogP contribution in [0.15, 0.2) is 77.7 Å². The van der Waals surface area contributed by atoms with E-state index in [0.717, 1.165) is 15.4 Å². The Hall–Kier alpha value is -4.05. The number of sulfonamides is 1. The van der Waals surface area contributed by atoms with Crippen LogP contribution in [0.25, 0.3) is 0 Å². The van der Waals surface area contributed by atoms with Crippen molar-refractivity contribution < 1.29 is 27.5 Å². The van der Waals surface area contributed by atoms with E-state index >= 15 is 0 Å². The molecule has 10 heteroatoms. The number of hydrogen-bond donors (Lipinski definition) is 1. The number of anilines is 1. The van der Waals surface area contributed by atoms with Crippen LogP contribution in [-0.2, 0) is 26.2 Å². The van der Waals surface area contributed by atoms with Crippen molar-refractivity contribution in [1.82, 2.24) is 10.2 Å². The maximum Gasteiger partial charge on any atom is 0.264 e. The summed E-state index contributed by atoms with van der Waals surface area (Å²) >= 11 is 0. The van der Waals surface area contributed by atoms with Crippen molar-refractivity contribution in [2.45, 2.75) is 31.3 Å². The van der Waals surface area contributed by atoms with Gasteiger partial charge in [-0.25, -0.2) is 8.42 Å². The molecule has 0 saturated carbocycles. The van der Waals surface area contributed by atoms with Gasteiger partial charge in [0.15, 0.2) is 11.5 Å². The topological polar surface area (TPSA) is 105 Å². The van der Waals surface area contributed by atoms with Gasteiger partial charge < -0.3 is 19.7 Å². The van der Waals surface area contributed by atoms with Crippen LogP contribution in [0.2, 0.25) is 0 Å². The molecule has 0 aliphatic carbocycles. The van der Waals surface area contributed by atoms with E-state index in [1.165, 1.54) is 44.4 Å². The first-order chi connectivity index (χ1) is 18.1. The minimum atomic E-state index is -4.17. The van der Waals surface area contributed by atoms with E-state index < -0.39 is 28.5 Å². The third kappa shape index (κ3) is 6.44. The molecule has 0 aliphatic heterocycles. The molecule has 3 aromatic carbocycles.